The Morgan fingerprint density at radius 2 is 1.53 bits per heavy atom. The molecule has 0 aromatic heterocycles. The molecule has 1 fully saturated rings. The van der Waals surface area contributed by atoms with Crippen LogP contribution in [0, 0.1) is 5.92 Å². The van der Waals surface area contributed by atoms with E-state index in [1.54, 1.807) is 22.3 Å². The maximum absolute atomic E-state index is 2.46. The molecule has 0 bridgehead atoms. The van der Waals surface area contributed by atoms with Crippen LogP contribution in [0.1, 0.15) is 111 Å². The standard InChI is InChI=1S/C30H40/c1-3-5-6-8-23-9-12-25(13-10-23)26-15-17-27(18-16-26)29-20-19-28-21-24(7-4-2)11-14-30(28)22-29/h4,7,11,14-18,21,23,25,29H,3,5-6,8-10,12-13,19-20,22H2,1-2H3/b7-4+. The zero-order chi connectivity index (χ0) is 20.8. The molecule has 4 rings (SSSR count). The lowest BCUT2D eigenvalue weighted by Gasteiger charge is -2.29. The number of hydrogen-bond acceptors (Lipinski definition) is 0. The van der Waals surface area contributed by atoms with E-state index in [9.17, 15) is 0 Å². The third-order valence-corrected chi connectivity index (χ3v) is 7.76. The number of aryl methyl sites for hydroxylation is 1. The lowest BCUT2D eigenvalue weighted by Crippen LogP contribution is -2.14. The fourth-order valence-electron chi connectivity index (χ4n) is 5.86. The van der Waals surface area contributed by atoms with Gasteiger partial charge < -0.3 is 0 Å². The molecule has 0 nitrogen and oxygen atoms in total. The second-order valence-electron chi connectivity index (χ2n) is 9.85. The van der Waals surface area contributed by atoms with E-state index in [0.29, 0.717) is 5.92 Å². The third-order valence-electron chi connectivity index (χ3n) is 7.76. The minimum absolute atomic E-state index is 0.688. The Morgan fingerprint density at radius 1 is 0.800 bits per heavy atom. The first-order valence-corrected chi connectivity index (χ1v) is 12.6. The average Bonchev–Trinajstić information content (AvgIpc) is 2.80. The van der Waals surface area contributed by atoms with Gasteiger partial charge in [-0.2, -0.15) is 0 Å². The van der Waals surface area contributed by atoms with Crippen LogP contribution in [0.5, 0.6) is 0 Å². The minimum atomic E-state index is 0.688. The first kappa shape index (κ1) is 21.4. The van der Waals surface area contributed by atoms with Crippen LogP contribution in [0.3, 0.4) is 0 Å². The molecule has 0 spiro atoms. The molecule has 1 unspecified atom stereocenters. The van der Waals surface area contributed by atoms with E-state index in [-0.39, 0.29) is 0 Å². The SMILES string of the molecule is C/C=C/c1ccc2c(c1)CCC(c1ccc(C3CCC(CCCCC)CC3)cc1)C2. The minimum Gasteiger partial charge on any atom is -0.0871 e. The Kier molecular flexibility index (Phi) is 7.47. The second kappa shape index (κ2) is 10.5. The van der Waals surface area contributed by atoms with Crippen molar-refractivity contribution in [3.05, 3.63) is 76.4 Å². The topological polar surface area (TPSA) is 0 Å². The molecule has 2 aromatic rings. The van der Waals surface area contributed by atoms with Crippen molar-refractivity contribution in [2.24, 2.45) is 5.92 Å². The van der Waals surface area contributed by atoms with Crippen molar-refractivity contribution in [3.63, 3.8) is 0 Å². The van der Waals surface area contributed by atoms with E-state index in [1.807, 2.05) is 0 Å². The molecule has 2 aliphatic rings. The molecule has 0 saturated heterocycles. The van der Waals surface area contributed by atoms with E-state index in [2.05, 4.69) is 68.5 Å². The molecule has 1 saturated carbocycles. The van der Waals surface area contributed by atoms with E-state index in [0.717, 1.165) is 11.8 Å². The molecule has 2 aromatic carbocycles. The Labute approximate surface area is 184 Å². The second-order valence-corrected chi connectivity index (χ2v) is 9.85. The summed E-state index contributed by atoms with van der Waals surface area (Å²) in [6.45, 7) is 4.41. The van der Waals surface area contributed by atoms with Crippen molar-refractivity contribution in [2.45, 2.75) is 96.3 Å². The van der Waals surface area contributed by atoms with Crippen LogP contribution < -0.4 is 0 Å². The highest BCUT2D eigenvalue weighted by molar-refractivity contribution is 5.52. The highest BCUT2D eigenvalue weighted by Gasteiger charge is 2.23. The molecule has 0 heterocycles. The fraction of sp³-hybridized carbons (Fsp3) is 0.533. The lowest BCUT2D eigenvalue weighted by atomic mass is 9.76. The first-order valence-electron chi connectivity index (χ1n) is 12.6. The summed E-state index contributed by atoms with van der Waals surface area (Å²) in [7, 11) is 0. The van der Waals surface area contributed by atoms with Crippen molar-refractivity contribution in [3.8, 4) is 0 Å². The van der Waals surface area contributed by atoms with E-state index in [4.69, 9.17) is 0 Å². The predicted octanol–water partition coefficient (Wildman–Crippen LogP) is 8.85. The maximum atomic E-state index is 2.46. The summed E-state index contributed by atoms with van der Waals surface area (Å²) < 4.78 is 0. The van der Waals surface area contributed by atoms with Crippen LogP contribution in [-0.2, 0) is 12.8 Å². The van der Waals surface area contributed by atoms with Gasteiger partial charge >= 0.3 is 0 Å². The smallest absolute Gasteiger partial charge is 0.0118 e. The van der Waals surface area contributed by atoms with E-state index >= 15 is 0 Å². The molecular weight excluding hydrogens is 360 g/mol. The molecule has 0 radical (unpaired) electrons. The van der Waals surface area contributed by atoms with Gasteiger partial charge in [-0.05, 0) is 97.4 Å². The number of rotatable bonds is 7. The summed E-state index contributed by atoms with van der Waals surface area (Å²) in [6.07, 6.45) is 19.4. The number of hydrogen-bond donors (Lipinski definition) is 0. The van der Waals surface area contributed by atoms with Crippen LogP contribution in [0.15, 0.2) is 48.5 Å². The van der Waals surface area contributed by atoms with Gasteiger partial charge in [-0.3, -0.25) is 0 Å². The monoisotopic (exact) mass is 400 g/mol. The molecule has 0 amide bonds. The Morgan fingerprint density at radius 3 is 2.23 bits per heavy atom. The van der Waals surface area contributed by atoms with Gasteiger partial charge in [0, 0.05) is 0 Å². The quantitative estimate of drug-likeness (QED) is 0.407. The first-order chi connectivity index (χ1) is 14.8. The van der Waals surface area contributed by atoms with Crippen molar-refractivity contribution in [2.75, 3.05) is 0 Å². The third kappa shape index (κ3) is 5.26. The van der Waals surface area contributed by atoms with Gasteiger partial charge in [-0.1, -0.05) is 87.2 Å². The predicted molar refractivity (Wildman–Crippen MR) is 131 cm³/mol. The van der Waals surface area contributed by atoms with Crippen LogP contribution in [0.25, 0.3) is 6.08 Å². The molecular formula is C30H40. The number of unbranched alkanes of at least 4 members (excludes halogenated alkanes) is 2. The molecule has 1 atom stereocenters. The Balaban J connectivity index is 1.33. The van der Waals surface area contributed by atoms with Crippen molar-refractivity contribution in [1.29, 1.82) is 0 Å². The maximum Gasteiger partial charge on any atom is -0.0118 e. The van der Waals surface area contributed by atoms with Crippen LogP contribution >= 0.6 is 0 Å². The summed E-state index contributed by atoms with van der Waals surface area (Å²) in [6, 6.07) is 16.9. The molecule has 160 valence electrons. The summed E-state index contributed by atoms with van der Waals surface area (Å²) in [4.78, 5) is 0. The summed E-state index contributed by atoms with van der Waals surface area (Å²) in [5, 5.41) is 0. The number of allylic oxidation sites excluding steroid dienone is 1. The van der Waals surface area contributed by atoms with Crippen molar-refractivity contribution < 1.29 is 0 Å². The highest BCUT2D eigenvalue weighted by atomic mass is 14.3. The van der Waals surface area contributed by atoms with E-state index < -0.39 is 0 Å². The molecule has 0 aliphatic heterocycles. The van der Waals surface area contributed by atoms with Gasteiger partial charge in [0.15, 0.2) is 0 Å². The summed E-state index contributed by atoms with van der Waals surface area (Å²) in [5.41, 5.74) is 7.62. The van der Waals surface area contributed by atoms with Gasteiger partial charge in [-0.15, -0.1) is 0 Å². The van der Waals surface area contributed by atoms with Crippen LogP contribution in [0.4, 0.5) is 0 Å². The normalized spacial score (nSPS) is 24.1. The van der Waals surface area contributed by atoms with E-state index in [1.165, 1.54) is 76.2 Å². The highest BCUT2D eigenvalue weighted by Crippen LogP contribution is 2.39. The number of benzene rings is 2. The van der Waals surface area contributed by atoms with Crippen LogP contribution in [0.2, 0.25) is 0 Å². The largest absolute Gasteiger partial charge is 0.0871 e. The lowest BCUT2D eigenvalue weighted by molar-refractivity contribution is 0.303. The van der Waals surface area contributed by atoms with Gasteiger partial charge in [0.25, 0.3) is 0 Å². The molecule has 2 aliphatic carbocycles. The van der Waals surface area contributed by atoms with Gasteiger partial charge in [0.05, 0.1) is 0 Å². The number of fused-ring (bicyclic) bond motifs is 1. The van der Waals surface area contributed by atoms with Gasteiger partial charge in [0.2, 0.25) is 0 Å². The summed E-state index contributed by atoms with van der Waals surface area (Å²) in [5.74, 6) is 2.50. The Bertz CT molecular complexity index is 818. The molecule has 30 heavy (non-hydrogen) atoms. The fourth-order valence-corrected chi connectivity index (χ4v) is 5.86. The van der Waals surface area contributed by atoms with Crippen molar-refractivity contribution in [1.82, 2.24) is 0 Å². The zero-order valence-corrected chi connectivity index (χ0v) is 19.2. The zero-order valence-electron chi connectivity index (χ0n) is 19.2. The average molecular weight is 401 g/mol. The van der Waals surface area contributed by atoms with Gasteiger partial charge in [0.1, 0.15) is 0 Å². The molecule has 0 heteroatoms. The van der Waals surface area contributed by atoms with Crippen molar-refractivity contribution >= 4 is 6.08 Å². The summed E-state index contributed by atoms with van der Waals surface area (Å²) >= 11 is 0. The Hall–Kier alpha value is -1.82. The van der Waals surface area contributed by atoms with Crippen LogP contribution in [-0.4, -0.2) is 0 Å². The van der Waals surface area contributed by atoms with Gasteiger partial charge in [-0.25, -0.2) is 0 Å². The molecule has 0 N–H and O–H groups in total.